The van der Waals surface area contributed by atoms with E-state index in [0.29, 0.717) is 48.7 Å². The van der Waals surface area contributed by atoms with E-state index in [1.807, 2.05) is 18.2 Å². The van der Waals surface area contributed by atoms with E-state index in [2.05, 4.69) is 18.2 Å². The summed E-state index contributed by atoms with van der Waals surface area (Å²) >= 11 is 0. The van der Waals surface area contributed by atoms with Gasteiger partial charge in [-0.3, -0.25) is 0 Å². The highest BCUT2D eigenvalue weighted by molar-refractivity contribution is 7.91. The number of ether oxygens (including phenoxy) is 1. The summed E-state index contributed by atoms with van der Waals surface area (Å²) in [7, 11) is -3.72. The number of hydrogen-bond donors (Lipinski definition) is 2. The predicted octanol–water partition coefficient (Wildman–Crippen LogP) is 8.34. The van der Waals surface area contributed by atoms with Gasteiger partial charge in [0.15, 0.2) is 0 Å². The number of rotatable bonds is 14. The van der Waals surface area contributed by atoms with Gasteiger partial charge in [0, 0.05) is 13.0 Å². The zero-order chi connectivity index (χ0) is 33.2. The van der Waals surface area contributed by atoms with Gasteiger partial charge in [-0.2, -0.15) is 22.0 Å². The summed E-state index contributed by atoms with van der Waals surface area (Å²) in [5, 5.41) is 20.2. The van der Waals surface area contributed by atoms with Crippen molar-refractivity contribution in [3.8, 4) is 11.5 Å². The van der Waals surface area contributed by atoms with Gasteiger partial charge < -0.3 is 14.9 Å². The summed E-state index contributed by atoms with van der Waals surface area (Å²) in [6.45, 7) is 0.564. The smallest absolute Gasteiger partial charge is 0.453 e. The Kier molecular flexibility index (Phi) is 10.6. The van der Waals surface area contributed by atoms with Crippen molar-refractivity contribution in [2.75, 3.05) is 24.7 Å². The fourth-order valence-corrected chi connectivity index (χ4v) is 10.2. The van der Waals surface area contributed by atoms with Crippen molar-refractivity contribution < 1.29 is 45.3 Å². The van der Waals surface area contributed by atoms with Gasteiger partial charge in [0.2, 0.25) is 0 Å². The van der Waals surface area contributed by atoms with Crippen LogP contribution in [-0.2, 0) is 16.3 Å². The second kappa shape index (κ2) is 14.0. The molecule has 0 radical (unpaired) electrons. The lowest BCUT2D eigenvalue weighted by atomic mass is 9.50. The number of aromatic hydroxyl groups is 1. The number of aryl methyl sites for hydroxylation is 1. The molecule has 3 aliphatic rings. The molecule has 2 fully saturated rings. The molecule has 0 unspecified atom stereocenters. The molecule has 0 aliphatic heterocycles. The van der Waals surface area contributed by atoms with E-state index in [1.165, 1.54) is 29.5 Å². The van der Waals surface area contributed by atoms with E-state index in [9.17, 15) is 40.6 Å². The van der Waals surface area contributed by atoms with Crippen molar-refractivity contribution in [3.63, 3.8) is 0 Å². The summed E-state index contributed by atoms with van der Waals surface area (Å²) in [4.78, 5) is 0. The highest BCUT2D eigenvalue weighted by Gasteiger charge is 2.57. The van der Waals surface area contributed by atoms with Crippen LogP contribution in [0.4, 0.5) is 22.0 Å². The lowest BCUT2D eigenvalue weighted by Gasteiger charge is -2.54. The molecule has 0 amide bonds. The maximum absolute atomic E-state index is 13.0. The summed E-state index contributed by atoms with van der Waals surface area (Å²) in [5.74, 6) is -3.07. The third-order valence-electron chi connectivity index (χ3n) is 10.9. The molecular weight excluding hydrogens is 627 g/mol. The third-order valence-corrected chi connectivity index (χ3v) is 12.7. The van der Waals surface area contributed by atoms with E-state index < -0.39 is 40.5 Å². The minimum atomic E-state index is -5.68. The number of hydrogen-bond acceptors (Lipinski definition) is 5. The van der Waals surface area contributed by atoms with Gasteiger partial charge in [0.25, 0.3) is 0 Å². The number of halogens is 5. The van der Waals surface area contributed by atoms with Crippen molar-refractivity contribution in [2.45, 2.75) is 101 Å². The number of sulfone groups is 1. The fourth-order valence-electron chi connectivity index (χ4n) is 8.81. The van der Waals surface area contributed by atoms with Crippen LogP contribution in [0.2, 0.25) is 0 Å². The van der Waals surface area contributed by atoms with Gasteiger partial charge in [-0.15, -0.1) is 0 Å². The number of benzene rings is 2. The van der Waals surface area contributed by atoms with Gasteiger partial charge in [-0.05, 0) is 134 Å². The Balaban J connectivity index is 1.15. The van der Waals surface area contributed by atoms with Gasteiger partial charge >= 0.3 is 12.1 Å². The Morgan fingerprint density at radius 1 is 0.935 bits per heavy atom. The fraction of sp³-hybridized carbons (Fsp3) is 0.657. The van der Waals surface area contributed by atoms with Crippen molar-refractivity contribution in [1.82, 2.24) is 0 Å². The number of aliphatic hydroxyl groups excluding tert-OH is 1. The summed E-state index contributed by atoms with van der Waals surface area (Å²) in [6.07, 6.45) is 0.876. The first-order valence-corrected chi connectivity index (χ1v) is 18.4. The average Bonchev–Trinajstić information content (AvgIpc) is 3.41. The molecule has 256 valence electrons. The lowest BCUT2D eigenvalue weighted by Crippen LogP contribution is -2.45. The quantitative estimate of drug-likeness (QED) is 0.156. The van der Waals surface area contributed by atoms with Crippen LogP contribution < -0.4 is 4.74 Å². The van der Waals surface area contributed by atoms with Crippen LogP contribution in [0, 0.1) is 17.3 Å². The van der Waals surface area contributed by atoms with E-state index in [1.54, 1.807) is 6.07 Å². The summed E-state index contributed by atoms with van der Waals surface area (Å²) < 4.78 is 93.0. The second-order valence-corrected chi connectivity index (χ2v) is 16.0. The minimum absolute atomic E-state index is 0.145. The van der Waals surface area contributed by atoms with Crippen LogP contribution in [0.3, 0.4) is 0 Å². The van der Waals surface area contributed by atoms with E-state index in [0.717, 1.165) is 32.1 Å². The highest BCUT2D eigenvalue weighted by Crippen LogP contribution is 2.66. The van der Waals surface area contributed by atoms with Gasteiger partial charge in [-0.1, -0.05) is 24.6 Å². The number of unbranched alkanes of at least 4 members (excludes halogenated alkanes) is 2. The van der Waals surface area contributed by atoms with Crippen LogP contribution in [0.5, 0.6) is 11.5 Å². The van der Waals surface area contributed by atoms with Gasteiger partial charge in [-0.25, -0.2) is 8.42 Å². The molecule has 5 nitrogen and oxygen atoms in total. The molecule has 2 N–H and O–H groups in total. The molecule has 0 aromatic heterocycles. The molecule has 5 atom stereocenters. The molecule has 2 saturated carbocycles. The first kappa shape index (κ1) is 34.9. The van der Waals surface area contributed by atoms with Crippen molar-refractivity contribution in [1.29, 1.82) is 0 Å². The van der Waals surface area contributed by atoms with E-state index in [4.69, 9.17) is 4.74 Å². The number of phenols is 1. The normalized spacial score (nSPS) is 26.3. The van der Waals surface area contributed by atoms with Crippen LogP contribution >= 0.6 is 0 Å². The molecule has 2 aromatic carbocycles. The Labute approximate surface area is 268 Å². The molecule has 0 spiro atoms. The summed E-state index contributed by atoms with van der Waals surface area (Å²) in [6, 6.07) is 14.0. The maximum Gasteiger partial charge on any atom is 0.453 e. The van der Waals surface area contributed by atoms with Crippen molar-refractivity contribution in [3.05, 3.63) is 59.2 Å². The van der Waals surface area contributed by atoms with Crippen LogP contribution in [0.15, 0.2) is 42.5 Å². The monoisotopic (exact) mass is 672 g/mol. The lowest BCUT2D eigenvalue weighted by molar-refractivity contribution is -0.284. The maximum atomic E-state index is 13.0. The molecule has 0 bridgehead atoms. The second-order valence-electron chi connectivity index (χ2n) is 13.7. The van der Waals surface area contributed by atoms with Gasteiger partial charge in [0.1, 0.15) is 21.3 Å². The van der Waals surface area contributed by atoms with Crippen LogP contribution in [0.25, 0.3) is 0 Å². The molecule has 11 heteroatoms. The molecular formula is C35H45F5O5S. The van der Waals surface area contributed by atoms with Crippen LogP contribution in [-0.4, -0.2) is 55.4 Å². The molecule has 3 aliphatic carbocycles. The Hall–Kier alpha value is -2.40. The first-order chi connectivity index (χ1) is 21.8. The number of alkyl halides is 5. The third kappa shape index (κ3) is 7.66. The number of fused-ring (bicyclic) bond motifs is 5. The topological polar surface area (TPSA) is 83.8 Å². The molecule has 0 heterocycles. The largest absolute Gasteiger partial charge is 0.508 e. The van der Waals surface area contributed by atoms with E-state index in [-0.39, 0.29) is 30.1 Å². The number of phenolic OH excluding ortho intramolecular Hbond substituents is 1. The minimum Gasteiger partial charge on any atom is -0.508 e. The first-order valence-electron chi connectivity index (χ1n) is 16.6. The van der Waals surface area contributed by atoms with E-state index >= 15 is 0 Å². The standard InChI is InChI=1S/C35H45F5O5S/c36-34(37,35(38,39)40)16-5-21-46(43,44)20-3-1-2-19-45-27-11-7-24(8-12-27)30-23-33(17-18-41)15-4-6-31(33)29-13-9-25-22-26(42)10-14-28(25)32(29)30/h7-8,10-12,14,22,29-32,41-42H,1-6,9,13,15-21,23H2/t29-,30+,31-,32+,33+/m0/s1. The Morgan fingerprint density at radius 2 is 1.67 bits per heavy atom. The zero-order valence-corrected chi connectivity index (χ0v) is 26.9. The van der Waals surface area contributed by atoms with Crippen LogP contribution in [0.1, 0.15) is 99.2 Å². The Bertz CT molecular complexity index is 1430. The SMILES string of the molecule is O=S(=O)(CCCCCOc1ccc([C@H]2C[C@]3(CCO)CCC[C@H]3[C@@H]3CCc4cc(O)ccc4[C@H]32)cc1)CCCC(F)(F)C(F)(F)F. The molecule has 5 rings (SSSR count). The highest BCUT2D eigenvalue weighted by atomic mass is 32.2. The zero-order valence-electron chi connectivity index (χ0n) is 26.1. The number of aliphatic hydroxyl groups is 1. The predicted molar refractivity (Wildman–Crippen MR) is 166 cm³/mol. The average molecular weight is 673 g/mol. The van der Waals surface area contributed by atoms with Gasteiger partial charge in [0.05, 0.1) is 18.1 Å². The van der Waals surface area contributed by atoms with Crippen molar-refractivity contribution in [2.24, 2.45) is 17.3 Å². The molecule has 46 heavy (non-hydrogen) atoms. The summed E-state index contributed by atoms with van der Waals surface area (Å²) in [5.41, 5.74) is 3.95. The molecule has 2 aromatic rings. The van der Waals surface area contributed by atoms with Crippen molar-refractivity contribution >= 4 is 9.84 Å². The Morgan fingerprint density at radius 3 is 2.39 bits per heavy atom. The molecule has 0 saturated heterocycles.